The summed E-state index contributed by atoms with van der Waals surface area (Å²) in [6.07, 6.45) is 0. The molecule has 0 amide bonds. The molecule has 4 heteroatoms. The molecule has 0 aromatic heterocycles. The highest BCUT2D eigenvalue weighted by Gasteiger charge is 2.29. The minimum absolute atomic E-state index is 0.0626. The third-order valence-corrected chi connectivity index (χ3v) is 4.64. The molecule has 0 aliphatic heterocycles. The number of rotatable bonds is 1. The van der Waals surface area contributed by atoms with Crippen molar-refractivity contribution >= 4 is 38.5 Å². The Morgan fingerprint density at radius 1 is 0.955 bits per heavy atom. The molecule has 0 saturated heterocycles. The Kier molecular flexibility index (Phi) is 2.71. The van der Waals surface area contributed by atoms with E-state index in [-0.39, 0.29) is 11.3 Å². The zero-order valence-electron chi connectivity index (χ0n) is 11.3. The van der Waals surface area contributed by atoms with E-state index in [9.17, 15) is 14.7 Å². The smallest absolute Gasteiger partial charge is 0.337 e. The monoisotopic (exact) mass is 352 g/mol. The van der Waals surface area contributed by atoms with Crippen molar-refractivity contribution in [3.8, 4) is 11.1 Å². The van der Waals surface area contributed by atoms with Gasteiger partial charge >= 0.3 is 5.97 Å². The molecule has 0 unspecified atom stereocenters. The van der Waals surface area contributed by atoms with Crippen molar-refractivity contribution < 1.29 is 14.7 Å². The second kappa shape index (κ2) is 4.52. The Bertz CT molecular complexity index is 989. The Hall–Kier alpha value is -2.46. The van der Waals surface area contributed by atoms with Gasteiger partial charge in [-0.25, -0.2) is 4.79 Å². The first kappa shape index (κ1) is 13.2. The lowest BCUT2D eigenvalue weighted by atomic mass is 9.80. The van der Waals surface area contributed by atoms with Crippen molar-refractivity contribution in [2.75, 3.05) is 0 Å². The summed E-state index contributed by atoms with van der Waals surface area (Å²) in [5, 5.41) is 11.2. The Labute approximate surface area is 134 Å². The van der Waals surface area contributed by atoms with Gasteiger partial charge < -0.3 is 5.11 Å². The van der Waals surface area contributed by atoms with E-state index in [1.807, 2.05) is 18.2 Å². The number of hydrogen-bond acceptors (Lipinski definition) is 2. The highest BCUT2D eigenvalue weighted by Crippen LogP contribution is 2.43. The van der Waals surface area contributed by atoms with Crippen molar-refractivity contribution in [3.05, 3.63) is 69.7 Å². The number of carboxylic acids is 1. The van der Waals surface area contributed by atoms with Crippen molar-refractivity contribution in [1.29, 1.82) is 0 Å². The van der Waals surface area contributed by atoms with Gasteiger partial charge in [-0.15, -0.1) is 0 Å². The fraction of sp³-hybridized carbons (Fsp3) is 0. The third kappa shape index (κ3) is 1.61. The molecule has 0 radical (unpaired) electrons. The van der Waals surface area contributed by atoms with E-state index in [1.54, 1.807) is 30.3 Å². The normalized spacial score (nSPS) is 12.3. The first-order valence-electron chi connectivity index (χ1n) is 6.72. The lowest BCUT2D eigenvalue weighted by Crippen LogP contribution is -2.13. The lowest BCUT2D eigenvalue weighted by Gasteiger charge is -2.22. The fourth-order valence-electron chi connectivity index (χ4n) is 3.13. The standard InChI is InChI=1S/C18H9BrO3/c19-13-8-9-4-3-7-12-14(9)15(16(13)18(21)22)10-5-1-2-6-11(10)17(12)20/h1-8H,(H,21,22). The molecule has 3 aromatic rings. The second-order valence-electron chi connectivity index (χ2n) is 5.19. The van der Waals surface area contributed by atoms with Crippen LogP contribution in [-0.2, 0) is 0 Å². The molecule has 0 atom stereocenters. The maximum Gasteiger partial charge on any atom is 0.337 e. The highest BCUT2D eigenvalue weighted by atomic mass is 79.9. The highest BCUT2D eigenvalue weighted by molar-refractivity contribution is 9.10. The van der Waals surface area contributed by atoms with E-state index in [0.29, 0.717) is 32.1 Å². The minimum atomic E-state index is -1.01. The third-order valence-electron chi connectivity index (χ3n) is 4.02. The number of benzene rings is 3. The number of ketones is 1. The van der Waals surface area contributed by atoms with Crippen LogP contribution in [0.25, 0.3) is 21.9 Å². The van der Waals surface area contributed by atoms with E-state index < -0.39 is 5.97 Å². The largest absolute Gasteiger partial charge is 0.478 e. The molecule has 1 aliphatic rings. The van der Waals surface area contributed by atoms with Crippen LogP contribution in [0, 0.1) is 0 Å². The van der Waals surface area contributed by atoms with Crippen LogP contribution in [0.4, 0.5) is 0 Å². The summed E-state index contributed by atoms with van der Waals surface area (Å²) in [4.78, 5) is 24.5. The molecule has 1 aliphatic carbocycles. The van der Waals surface area contributed by atoms with Gasteiger partial charge in [0.2, 0.25) is 0 Å². The number of carbonyl (C=O) groups excluding carboxylic acids is 1. The number of fused-ring (bicyclic) bond motifs is 2. The SMILES string of the molecule is O=C(O)c1c(Br)cc2cccc3c2c1-c1ccccc1C3=O. The van der Waals surface area contributed by atoms with Gasteiger partial charge in [-0.05, 0) is 32.9 Å². The lowest BCUT2D eigenvalue weighted by molar-refractivity contribution is 0.0696. The second-order valence-corrected chi connectivity index (χ2v) is 6.05. The van der Waals surface area contributed by atoms with Crippen LogP contribution in [0.5, 0.6) is 0 Å². The quantitative estimate of drug-likeness (QED) is 0.548. The topological polar surface area (TPSA) is 54.4 Å². The number of halogens is 1. The van der Waals surface area contributed by atoms with Crippen molar-refractivity contribution in [2.45, 2.75) is 0 Å². The van der Waals surface area contributed by atoms with Gasteiger partial charge in [0.05, 0.1) is 5.56 Å². The van der Waals surface area contributed by atoms with Crippen LogP contribution in [0.3, 0.4) is 0 Å². The summed E-state index contributed by atoms with van der Waals surface area (Å²) in [5.74, 6) is -1.07. The van der Waals surface area contributed by atoms with Gasteiger partial charge in [0.15, 0.2) is 5.78 Å². The van der Waals surface area contributed by atoms with Gasteiger partial charge in [-0.2, -0.15) is 0 Å². The first-order valence-corrected chi connectivity index (χ1v) is 7.51. The molecule has 0 heterocycles. The van der Waals surface area contributed by atoms with E-state index >= 15 is 0 Å². The maximum atomic E-state index is 12.7. The van der Waals surface area contributed by atoms with Crippen LogP contribution in [0.15, 0.2) is 53.0 Å². The Morgan fingerprint density at radius 3 is 2.36 bits per heavy atom. The average Bonchev–Trinajstić information content (AvgIpc) is 2.51. The summed E-state index contributed by atoms with van der Waals surface area (Å²) >= 11 is 3.36. The molecule has 22 heavy (non-hydrogen) atoms. The molecule has 0 saturated carbocycles. The van der Waals surface area contributed by atoms with Crippen molar-refractivity contribution in [1.82, 2.24) is 0 Å². The molecular formula is C18H9BrO3. The predicted molar refractivity (Wildman–Crippen MR) is 87.5 cm³/mol. The molecule has 1 N–H and O–H groups in total. The van der Waals surface area contributed by atoms with Crippen LogP contribution in [0.2, 0.25) is 0 Å². The van der Waals surface area contributed by atoms with Crippen LogP contribution >= 0.6 is 15.9 Å². The van der Waals surface area contributed by atoms with Crippen LogP contribution in [-0.4, -0.2) is 16.9 Å². The van der Waals surface area contributed by atoms with Gasteiger partial charge in [-0.3, -0.25) is 4.79 Å². The molecule has 106 valence electrons. The van der Waals surface area contributed by atoms with E-state index in [2.05, 4.69) is 15.9 Å². The van der Waals surface area contributed by atoms with Crippen molar-refractivity contribution in [3.63, 3.8) is 0 Å². The number of carboxylic acid groups (broad SMARTS) is 1. The van der Waals surface area contributed by atoms with Crippen LogP contribution < -0.4 is 0 Å². The minimum Gasteiger partial charge on any atom is -0.478 e. The van der Waals surface area contributed by atoms with E-state index in [1.165, 1.54) is 0 Å². The van der Waals surface area contributed by atoms with Crippen LogP contribution in [0.1, 0.15) is 26.3 Å². The molecule has 4 rings (SSSR count). The summed E-state index contributed by atoms with van der Waals surface area (Å²) in [7, 11) is 0. The van der Waals surface area contributed by atoms with Gasteiger partial charge in [0, 0.05) is 26.5 Å². The summed E-state index contributed by atoms with van der Waals surface area (Å²) in [5.41, 5.74) is 2.58. The average molecular weight is 353 g/mol. The van der Waals surface area contributed by atoms with Gasteiger partial charge in [-0.1, -0.05) is 42.5 Å². The number of hydrogen-bond donors (Lipinski definition) is 1. The summed E-state index contributed by atoms with van der Waals surface area (Å²) < 4.78 is 0.517. The number of carbonyl (C=O) groups is 2. The molecule has 0 bridgehead atoms. The molecule has 0 spiro atoms. The predicted octanol–water partition coefficient (Wildman–Crippen LogP) is 4.51. The Morgan fingerprint density at radius 2 is 1.64 bits per heavy atom. The number of aromatic carboxylic acids is 1. The zero-order valence-corrected chi connectivity index (χ0v) is 12.8. The van der Waals surface area contributed by atoms with Crippen molar-refractivity contribution in [2.24, 2.45) is 0 Å². The molecule has 3 aromatic carbocycles. The van der Waals surface area contributed by atoms with E-state index in [4.69, 9.17) is 0 Å². The molecular weight excluding hydrogens is 344 g/mol. The van der Waals surface area contributed by atoms with Gasteiger partial charge in [0.1, 0.15) is 0 Å². The van der Waals surface area contributed by atoms with Gasteiger partial charge in [0.25, 0.3) is 0 Å². The molecule has 3 nitrogen and oxygen atoms in total. The summed E-state index contributed by atoms with van der Waals surface area (Å²) in [6.45, 7) is 0. The zero-order chi connectivity index (χ0) is 15.4. The van der Waals surface area contributed by atoms with E-state index in [0.717, 1.165) is 5.39 Å². The summed E-state index contributed by atoms with van der Waals surface area (Å²) in [6, 6.07) is 14.4. The Balaban J connectivity index is 2.33. The maximum absolute atomic E-state index is 12.7. The molecule has 0 fully saturated rings. The first-order chi connectivity index (χ1) is 10.6. The fourth-order valence-corrected chi connectivity index (χ4v) is 3.75.